The number of hydrogen-bond acceptors (Lipinski definition) is 4. The summed E-state index contributed by atoms with van der Waals surface area (Å²) in [5, 5.41) is 8.41. The average Bonchev–Trinajstić information content (AvgIpc) is 2.16. The van der Waals surface area contributed by atoms with Crippen LogP contribution in [0.5, 0.6) is 0 Å². The summed E-state index contributed by atoms with van der Waals surface area (Å²) in [6, 6.07) is 0. The monoisotopic (exact) mass is 173 g/mol. The first-order valence-corrected chi connectivity index (χ1v) is 3.30. The Balaban J connectivity index is 2.70. The zero-order chi connectivity index (χ0) is 9.30. The maximum atomic E-state index is 11.0. The van der Waals surface area contributed by atoms with E-state index in [0.717, 1.165) is 0 Å². The molecule has 0 saturated carbocycles. The van der Waals surface area contributed by atoms with Crippen LogP contribution in [0.1, 0.15) is 13.3 Å². The molecule has 0 spiro atoms. The minimum absolute atomic E-state index is 0.00606. The first-order valence-electron chi connectivity index (χ1n) is 3.30. The molecule has 1 rings (SSSR count). The van der Waals surface area contributed by atoms with E-state index in [9.17, 15) is 14.4 Å². The molecule has 1 heterocycles. The zero-order valence-corrected chi connectivity index (χ0v) is 6.31. The van der Waals surface area contributed by atoms with Gasteiger partial charge >= 0.3 is 6.16 Å². The Morgan fingerprint density at radius 3 is 2.58 bits per heavy atom. The summed E-state index contributed by atoms with van der Waals surface area (Å²) in [5.74, 6) is -1.71. The zero-order valence-electron chi connectivity index (χ0n) is 6.31. The number of nitrogens with zero attached hydrogens (tertiary/aromatic N) is 1. The van der Waals surface area contributed by atoms with Crippen molar-refractivity contribution in [2.75, 3.05) is 0 Å². The van der Waals surface area contributed by atoms with E-state index in [-0.39, 0.29) is 11.5 Å². The molecule has 0 aromatic rings. The van der Waals surface area contributed by atoms with E-state index in [1.165, 1.54) is 6.92 Å². The Hall–Kier alpha value is -1.59. The third-order valence-electron chi connectivity index (χ3n) is 1.50. The Morgan fingerprint density at radius 2 is 2.25 bits per heavy atom. The van der Waals surface area contributed by atoms with Crippen LogP contribution in [0.15, 0.2) is 0 Å². The van der Waals surface area contributed by atoms with Gasteiger partial charge in [-0.25, -0.2) is 4.79 Å². The summed E-state index contributed by atoms with van der Waals surface area (Å²) in [6.45, 7) is 1.53. The number of hydrogen-bond donors (Lipinski definition) is 1. The van der Waals surface area contributed by atoms with E-state index in [0.29, 0.717) is 0 Å². The highest BCUT2D eigenvalue weighted by Gasteiger charge is 2.38. The third-order valence-corrected chi connectivity index (χ3v) is 1.50. The molecular formula is C6H7NO5. The molecule has 1 unspecified atom stereocenters. The maximum Gasteiger partial charge on any atom is 0.531 e. The fraction of sp³-hybridized carbons (Fsp3) is 0.500. The third kappa shape index (κ3) is 1.36. The molecular weight excluding hydrogens is 166 g/mol. The van der Waals surface area contributed by atoms with E-state index >= 15 is 0 Å². The molecule has 66 valence electrons. The summed E-state index contributed by atoms with van der Waals surface area (Å²) >= 11 is 0. The van der Waals surface area contributed by atoms with Gasteiger partial charge in [0.05, 0.1) is 0 Å². The fourth-order valence-corrected chi connectivity index (χ4v) is 0.929. The van der Waals surface area contributed by atoms with Gasteiger partial charge < -0.3 is 5.11 Å². The van der Waals surface area contributed by atoms with Crippen molar-refractivity contribution in [1.29, 1.82) is 0 Å². The molecule has 0 bridgehead atoms. The van der Waals surface area contributed by atoms with Crippen molar-refractivity contribution in [1.82, 2.24) is 5.06 Å². The van der Waals surface area contributed by atoms with E-state index in [2.05, 4.69) is 4.84 Å². The van der Waals surface area contributed by atoms with Gasteiger partial charge in [0.1, 0.15) is 0 Å². The summed E-state index contributed by atoms with van der Waals surface area (Å²) in [7, 11) is 0. The second-order valence-corrected chi connectivity index (χ2v) is 2.49. The summed E-state index contributed by atoms with van der Waals surface area (Å²) in [5.41, 5.74) is 0. The molecule has 1 atom stereocenters. The van der Waals surface area contributed by atoms with E-state index in [1.54, 1.807) is 0 Å². The van der Waals surface area contributed by atoms with Crippen molar-refractivity contribution in [2.45, 2.75) is 13.3 Å². The van der Waals surface area contributed by atoms with E-state index in [4.69, 9.17) is 5.11 Å². The molecule has 0 aromatic heterocycles. The first-order chi connectivity index (χ1) is 5.52. The molecule has 6 nitrogen and oxygen atoms in total. The lowest BCUT2D eigenvalue weighted by Crippen LogP contribution is -2.32. The van der Waals surface area contributed by atoms with Gasteiger partial charge in [0.25, 0.3) is 11.8 Å². The van der Waals surface area contributed by atoms with Crippen LogP contribution in [0.2, 0.25) is 0 Å². The van der Waals surface area contributed by atoms with Crippen LogP contribution < -0.4 is 0 Å². The number of carbonyl (C=O) groups excluding carboxylic acids is 2. The SMILES string of the molecule is CC1CC(=O)N(OC(=O)O)C1=O. The lowest BCUT2D eigenvalue weighted by molar-refractivity contribution is -0.176. The van der Waals surface area contributed by atoms with Crippen molar-refractivity contribution < 1.29 is 24.3 Å². The molecule has 1 N–H and O–H groups in total. The van der Waals surface area contributed by atoms with Crippen molar-refractivity contribution in [3.8, 4) is 0 Å². The van der Waals surface area contributed by atoms with Crippen LogP contribution >= 0.6 is 0 Å². The standard InChI is InChI=1S/C6H7NO5/c1-3-2-4(8)7(5(3)9)12-6(10)11/h3H,2H2,1H3,(H,10,11). The van der Waals surface area contributed by atoms with Crippen molar-refractivity contribution in [2.24, 2.45) is 5.92 Å². The van der Waals surface area contributed by atoms with Crippen molar-refractivity contribution >= 4 is 18.0 Å². The molecule has 6 heteroatoms. The highest BCUT2D eigenvalue weighted by Crippen LogP contribution is 2.18. The summed E-state index contributed by atoms with van der Waals surface area (Å²) in [6.07, 6.45) is -1.66. The maximum absolute atomic E-state index is 11.0. The number of carboxylic acid groups (broad SMARTS) is 1. The lowest BCUT2D eigenvalue weighted by atomic mass is 10.1. The molecule has 12 heavy (non-hydrogen) atoms. The van der Waals surface area contributed by atoms with E-state index in [1.807, 2.05) is 0 Å². The molecule has 1 aliphatic rings. The molecule has 1 saturated heterocycles. The number of rotatable bonds is 1. The number of hydroxylamine groups is 2. The lowest BCUT2D eigenvalue weighted by Gasteiger charge is -2.09. The highest BCUT2D eigenvalue weighted by atomic mass is 16.8. The summed E-state index contributed by atoms with van der Waals surface area (Å²) < 4.78 is 0. The number of imide groups is 1. The van der Waals surface area contributed by atoms with Crippen molar-refractivity contribution in [3.63, 3.8) is 0 Å². The molecule has 2 amide bonds. The topological polar surface area (TPSA) is 83.9 Å². The quantitative estimate of drug-likeness (QED) is 0.564. The Bertz CT molecular complexity index is 248. The van der Waals surface area contributed by atoms with Gasteiger partial charge in [-0.2, -0.15) is 0 Å². The predicted molar refractivity (Wildman–Crippen MR) is 34.7 cm³/mol. The first kappa shape index (κ1) is 8.51. The smallest absolute Gasteiger partial charge is 0.448 e. The van der Waals surface area contributed by atoms with Crippen LogP contribution in [0, 0.1) is 5.92 Å². The van der Waals surface area contributed by atoms with Gasteiger partial charge in [-0.15, -0.1) is 0 Å². The van der Waals surface area contributed by atoms with Gasteiger partial charge in [-0.1, -0.05) is 12.0 Å². The predicted octanol–water partition coefficient (Wildman–Crippen LogP) is -0.00900. The van der Waals surface area contributed by atoms with Crippen LogP contribution in [-0.4, -0.2) is 28.1 Å². The van der Waals surface area contributed by atoms with Gasteiger partial charge in [0.2, 0.25) is 0 Å². The molecule has 0 radical (unpaired) electrons. The largest absolute Gasteiger partial charge is 0.531 e. The normalized spacial score (nSPS) is 23.1. The Morgan fingerprint density at radius 1 is 1.67 bits per heavy atom. The Kier molecular flexibility index (Phi) is 1.99. The summed E-state index contributed by atoms with van der Waals surface area (Å²) in [4.78, 5) is 35.8. The minimum atomic E-state index is -1.66. The highest BCUT2D eigenvalue weighted by molar-refractivity contribution is 6.02. The second-order valence-electron chi connectivity index (χ2n) is 2.49. The van der Waals surface area contributed by atoms with Gasteiger partial charge in [0, 0.05) is 12.3 Å². The molecule has 0 aliphatic carbocycles. The number of carbonyl (C=O) groups is 3. The number of amides is 2. The van der Waals surface area contributed by atoms with Crippen LogP contribution in [0.3, 0.4) is 0 Å². The van der Waals surface area contributed by atoms with Crippen molar-refractivity contribution in [3.05, 3.63) is 0 Å². The van der Waals surface area contributed by atoms with Gasteiger partial charge in [0.15, 0.2) is 0 Å². The van der Waals surface area contributed by atoms with Crippen LogP contribution in [0.25, 0.3) is 0 Å². The van der Waals surface area contributed by atoms with Gasteiger partial charge in [-0.3, -0.25) is 14.4 Å². The van der Waals surface area contributed by atoms with Crippen LogP contribution in [-0.2, 0) is 14.4 Å². The van der Waals surface area contributed by atoms with E-state index < -0.39 is 23.9 Å². The molecule has 1 fully saturated rings. The van der Waals surface area contributed by atoms with Gasteiger partial charge in [-0.05, 0) is 0 Å². The fourth-order valence-electron chi connectivity index (χ4n) is 0.929. The second kappa shape index (κ2) is 2.80. The van der Waals surface area contributed by atoms with Crippen LogP contribution in [0.4, 0.5) is 4.79 Å². The average molecular weight is 173 g/mol. The Labute approximate surface area is 67.7 Å². The minimum Gasteiger partial charge on any atom is -0.448 e. The molecule has 1 aliphatic heterocycles. The molecule has 0 aromatic carbocycles.